The Kier molecular flexibility index (Phi) is 2.85. The maximum atomic E-state index is 12.5. The summed E-state index contributed by atoms with van der Waals surface area (Å²) in [5, 5.41) is 2.60. The van der Waals surface area contributed by atoms with Crippen molar-refractivity contribution in [3.05, 3.63) is 36.5 Å². The number of fused-ring (bicyclic) bond motifs is 5. The van der Waals surface area contributed by atoms with E-state index in [0.29, 0.717) is 5.82 Å². The Bertz CT molecular complexity index is 655. The number of amides is 3. The molecule has 4 atom stereocenters. The van der Waals surface area contributed by atoms with Crippen molar-refractivity contribution in [1.29, 1.82) is 0 Å². The van der Waals surface area contributed by atoms with Crippen molar-refractivity contribution in [1.82, 2.24) is 9.88 Å². The van der Waals surface area contributed by atoms with Crippen LogP contribution in [0.3, 0.4) is 0 Å². The molecule has 2 fully saturated rings. The molecule has 1 saturated carbocycles. The topological polar surface area (TPSA) is 79.4 Å². The third kappa shape index (κ3) is 1.87. The van der Waals surface area contributed by atoms with Crippen LogP contribution in [0.25, 0.3) is 0 Å². The Morgan fingerprint density at radius 2 is 1.86 bits per heavy atom. The third-order valence-electron chi connectivity index (χ3n) is 4.80. The van der Waals surface area contributed by atoms with Crippen molar-refractivity contribution in [2.24, 2.45) is 23.7 Å². The first-order valence-corrected chi connectivity index (χ1v) is 7.39. The highest BCUT2D eigenvalue weighted by Gasteiger charge is 2.59. The van der Waals surface area contributed by atoms with E-state index in [0.717, 1.165) is 11.3 Å². The Hall–Kier alpha value is -2.50. The molecule has 2 bridgehead atoms. The van der Waals surface area contributed by atoms with Gasteiger partial charge in [0.2, 0.25) is 17.7 Å². The molecule has 3 aliphatic rings. The molecule has 2 aliphatic carbocycles. The van der Waals surface area contributed by atoms with E-state index >= 15 is 0 Å². The second kappa shape index (κ2) is 4.76. The lowest BCUT2D eigenvalue weighted by Gasteiger charge is -2.16. The third-order valence-corrected chi connectivity index (χ3v) is 4.80. The highest BCUT2D eigenvalue weighted by molar-refractivity contribution is 6.09. The van der Waals surface area contributed by atoms with E-state index in [-0.39, 0.29) is 42.0 Å². The molecular weight excluding hydrogens is 282 g/mol. The fraction of sp³-hybridized carbons (Fsp3) is 0.375. The number of pyridine rings is 1. The van der Waals surface area contributed by atoms with Crippen molar-refractivity contribution in [3.63, 3.8) is 0 Å². The summed E-state index contributed by atoms with van der Waals surface area (Å²) in [5.41, 5.74) is 0. The number of carbonyl (C=O) groups excluding carboxylic acids is 3. The van der Waals surface area contributed by atoms with E-state index in [9.17, 15) is 14.4 Å². The van der Waals surface area contributed by atoms with Crippen LogP contribution in [0.2, 0.25) is 0 Å². The minimum absolute atomic E-state index is 0.162. The SMILES string of the molecule is O=C(CN1C(=O)[C@@H]2[C@@H](C1=O)[C@H]1C=C[C@@H]2C1)Nc1ccccn1. The second-order valence-corrected chi connectivity index (χ2v) is 6.03. The first-order valence-electron chi connectivity index (χ1n) is 7.39. The predicted molar refractivity (Wildman–Crippen MR) is 77.3 cm³/mol. The van der Waals surface area contributed by atoms with Crippen LogP contribution in [-0.2, 0) is 14.4 Å². The van der Waals surface area contributed by atoms with Gasteiger partial charge in [0, 0.05) is 6.20 Å². The number of hydrogen-bond donors (Lipinski definition) is 1. The molecule has 2 heterocycles. The minimum Gasteiger partial charge on any atom is -0.309 e. The van der Waals surface area contributed by atoms with Gasteiger partial charge in [-0.1, -0.05) is 18.2 Å². The largest absolute Gasteiger partial charge is 0.309 e. The summed E-state index contributed by atoms with van der Waals surface area (Å²) >= 11 is 0. The van der Waals surface area contributed by atoms with Gasteiger partial charge in [-0.25, -0.2) is 4.98 Å². The number of anilines is 1. The van der Waals surface area contributed by atoms with Crippen molar-refractivity contribution < 1.29 is 14.4 Å². The molecule has 1 aromatic rings. The zero-order valence-electron chi connectivity index (χ0n) is 11.8. The highest BCUT2D eigenvalue weighted by atomic mass is 16.2. The molecule has 4 rings (SSSR count). The minimum atomic E-state index is -0.402. The van der Waals surface area contributed by atoms with Crippen LogP contribution in [0.5, 0.6) is 0 Å². The van der Waals surface area contributed by atoms with E-state index in [4.69, 9.17) is 0 Å². The second-order valence-electron chi connectivity index (χ2n) is 6.03. The van der Waals surface area contributed by atoms with Crippen LogP contribution in [0.1, 0.15) is 6.42 Å². The molecule has 112 valence electrons. The van der Waals surface area contributed by atoms with Gasteiger partial charge in [-0.3, -0.25) is 19.3 Å². The van der Waals surface area contributed by atoms with Gasteiger partial charge in [-0.05, 0) is 30.4 Å². The summed E-state index contributed by atoms with van der Waals surface area (Å²) in [4.78, 5) is 42.0. The highest BCUT2D eigenvalue weighted by Crippen LogP contribution is 2.52. The van der Waals surface area contributed by atoms with E-state index in [2.05, 4.69) is 10.3 Å². The molecular formula is C16H15N3O3. The van der Waals surface area contributed by atoms with Crippen LogP contribution in [0.15, 0.2) is 36.5 Å². The predicted octanol–water partition coefficient (Wildman–Crippen LogP) is 0.827. The van der Waals surface area contributed by atoms with E-state index in [1.54, 1.807) is 24.4 Å². The van der Waals surface area contributed by atoms with Gasteiger partial charge in [0.25, 0.3) is 0 Å². The molecule has 0 unspecified atom stereocenters. The van der Waals surface area contributed by atoms with E-state index < -0.39 is 5.91 Å². The quantitative estimate of drug-likeness (QED) is 0.662. The van der Waals surface area contributed by atoms with Crippen LogP contribution in [0, 0.1) is 23.7 Å². The number of allylic oxidation sites excluding steroid dienone is 2. The van der Waals surface area contributed by atoms with Crippen LogP contribution in [-0.4, -0.2) is 34.2 Å². The Morgan fingerprint density at radius 3 is 2.45 bits per heavy atom. The summed E-state index contributed by atoms with van der Waals surface area (Å²) in [6.07, 6.45) is 6.53. The lowest BCUT2D eigenvalue weighted by atomic mass is 9.85. The molecule has 6 nitrogen and oxygen atoms in total. The normalized spacial score (nSPS) is 31.7. The summed E-state index contributed by atoms with van der Waals surface area (Å²) in [7, 11) is 0. The molecule has 6 heteroatoms. The Labute approximate surface area is 127 Å². The first kappa shape index (κ1) is 13.2. The molecule has 3 amide bonds. The van der Waals surface area contributed by atoms with E-state index in [1.807, 2.05) is 12.2 Å². The maximum absolute atomic E-state index is 12.5. The number of aromatic nitrogens is 1. The number of nitrogens with one attached hydrogen (secondary N) is 1. The lowest BCUT2D eigenvalue weighted by molar-refractivity contribution is -0.143. The number of rotatable bonds is 3. The molecule has 1 aromatic heterocycles. The van der Waals surface area contributed by atoms with Gasteiger partial charge >= 0.3 is 0 Å². The summed E-state index contributed by atoms with van der Waals surface area (Å²) < 4.78 is 0. The van der Waals surface area contributed by atoms with Crippen molar-refractivity contribution >= 4 is 23.5 Å². The average molecular weight is 297 g/mol. The summed E-state index contributed by atoms with van der Waals surface area (Å²) in [5.74, 6) is -0.596. The molecule has 1 N–H and O–H groups in total. The van der Waals surface area contributed by atoms with Gasteiger partial charge < -0.3 is 5.32 Å². The van der Waals surface area contributed by atoms with Crippen LogP contribution < -0.4 is 5.32 Å². The molecule has 0 radical (unpaired) electrons. The number of carbonyl (C=O) groups is 3. The summed E-state index contributed by atoms with van der Waals surface area (Å²) in [6, 6.07) is 5.15. The standard InChI is InChI=1S/C16H15N3O3/c20-12(18-11-3-1-2-6-17-11)8-19-15(21)13-9-4-5-10(7-9)14(13)16(19)22/h1-6,9-10,13-14H,7-8H2,(H,17,18,20)/t9-,10+,13-,14-/m0/s1. The number of likely N-dealkylation sites (tertiary alicyclic amines) is 1. The molecule has 1 aliphatic heterocycles. The van der Waals surface area contributed by atoms with Gasteiger partial charge in [0.05, 0.1) is 11.8 Å². The van der Waals surface area contributed by atoms with E-state index in [1.165, 1.54) is 0 Å². The monoisotopic (exact) mass is 297 g/mol. The number of hydrogen-bond acceptors (Lipinski definition) is 4. The van der Waals surface area contributed by atoms with Crippen molar-refractivity contribution in [3.8, 4) is 0 Å². The van der Waals surface area contributed by atoms with Gasteiger partial charge in [0.15, 0.2) is 0 Å². The zero-order valence-corrected chi connectivity index (χ0v) is 11.8. The molecule has 22 heavy (non-hydrogen) atoms. The fourth-order valence-corrected chi connectivity index (χ4v) is 3.88. The summed E-state index contributed by atoms with van der Waals surface area (Å²) in [6.45, 7) is -0.235. The molecule has 0 aromatic carbocycles. The Morgan fingerprint density at radius 1 is 1.18 bits per heavy atom. The Balaban J connectivity index is 1.47. The molecule has 1 saturated heterocycles. The van der Waals surface area contributed by atoms with Gasteiger partial charge in [-0.15, -0.1) is 0 Å². The average Bonchev–Trinajstić information content (AvgIpc) is 3.18. The van der Waals surface area contributed by atoms with Gasteiger partial charge in [0.1, 0.15) is 12.4 Å². The fourth-order valence-electron chi connectivity index (χ4n) is 3.88. The molecule has 0 spiro atoms. The number of nitrogens with zero attached hydrogens (tertiary/aromatic N) is 2. The smallest absolute Gasteiger partial charge is 0.245 e. The number of imide groups is 1. The van der Waals surface area contributed by atoms with Crippen molar-refractivity contribution in [2.45, 2.75) is 6.42 Å². The van der Waals surface area contributed by atoms with Crippen LogP contribution >= 0.6 is 0 Å². The maximum Gasteiger partial charge on any atom is 0.245 e. The van der Waals surface area contributed by atoms with Gasteiger partial charge in [-0.2, -0.15) is 0 Å². The lowest BCUT2D eigenvalue weighted by Crippen LogP contribution is -2.39. The zero-order chi connectivity index (χ0) is 15.3. The van der Waals surface area contributed by atoms with Crippen molar-refractivity contribution in [2.75, 3.05) is 11.9 Å². The first-order chi connectivity index (χ1) is 10.6. The van der Waals surface area contributed by atoms with Crippen LogP contribution in [0.4, 0.5) is 5.82 Å².